The van der Waals surface area contributed by atoms with Crippen molar-refractivity contribution in [1.29, 1.82) is 0 Å². The Hall–Kier alpha value is -2.17. The Balaban J connectivity index is 1.66. The molecule has 3 heterocycles. The lowest BCUT2D eigenvalue weighted by molar-refractivity contribution is -0.140. The van der Waals surface area contributed by atoms with Crippen LogP contribution in [0.25, 0.3) is 0 Å². The third kappa shape index (κ3) is 4.02. The summed E-state index contributed by atoms with van der Waals surface area (Å²) in [6.07, 6.45) is 1.07. The van der Waals surface area contributed by atoms with Crippen molar-refractivity contribution < 1.29 is 29.0 Å². The lowest BCUT2D eigenvalue weighted by Crippen LogP contribution is -2.54. The van der Waals surface area contributed by atoms with Gasteiger partial charge in [-0.3, -0.25) is 14.4 Å². The average molecular weight is 524 g/mol. The van der Waals surface area contributed by atoms with E-state index < -0.39 is 29.6 Å². The van der Waals surface area contributed by atoms with Crippen molar-refractivity contribution in [2.24, 2.45) is 11.8 Å². The number of rotatable bonds is 9. The minimum atomic E-state index is -1.10. The highest BCUT2D eigenvalue weighted by Crippen LogP contribution is 2.60. The summed E-state index contributed by atoms with van der Waals surface area (Å²) in [6.45, 7) is 2.57. The van der Waals surface area contributed by atoms with E-state index >= 15 is 0 Å². The van der Waals surface area contributed by atoms with Gasteiger partial charge in [-0.05, 0) is 43.5 Å². The molecule has 3 saturated heterocycles. The Labute approximate surface area is 201 Å². The van der Waals surface area contributed by atoms with E-state index in [9.17, 15) is 19.5 Å². The number of amides is 3. The topological polar surface area (TPSA) is 117 Å². The van der Waals surface area contributed by atoms with Gasteiger partial charge in [0.1, 0.15) is 17.4 Å². The Morgan fingerprint density at radius 3 is 2.67 bits per heavy atom. The quantitative estimate of drug-likeness (QED) is 0.420. The number of halogens is 1. The van der Waals surface area contributed by atoms with Crippen LogP contribution in [0.4, 0.5) is 5.69 Å². The summed E-state index contributed by atoms with van der Waals surface area (Å²) in [5.41, 5.74) is -0.536. The van der Waals surface area contributed by atoms with Crippen LogP contribution >= 0.6 is 15.9 Å². The summed E-state index contributed by atoms with van der Waals surface area (Å²) in [5.74, 6) is -1.60. The molecule has 2 bridgehead atoms. The highest BCUT2D eigenvalue weighted by molar-refractivity contribution is 9.09. The van der Waals surface area contributed by atoms with Crippen molar-refractivity contribution in [1.82, 2.24) is 10.2 Å². The standard InChI is InChI=1S/C23H30BrN3O6/c1-3-9-25-20(29)16-17-22(31)27(10-4-11-28)19(23(17)12-15(24)18(16)33-23)21(30)26-13-5-7-14(32-2)8-6-13/h5-8,15-19,28H,3-4,9-12H2,1-2H3,(H,25,29)(H,26,30)/t15?,16-,17+,18-,19?,23?/m1/s1. The molecule has 3 aliphatic heterocycles. The van der Waals surface area contributed by atoms with Crippen LogP contribution in [-0.4, -0.2) is 77.1 Å². The van der Waals surface area contributed by atoms with Crippen LogP contribution in [0.1, 0.15) is 26.2 Å². The Kier molecular flexibility index (Phi) is 6.97. The molecule has 0 aromatic heterocycles. The van der Waals surface area contributed by atoms with E-state index in [1.165, 1.54) is 4.90 Å². The fourth-order valence-electron chi connectivity index (χ4n) is 5.46. The van der Waals surface area contributed by atoms with Crippen LogP contribution in [-0.2, 0) is 19.1 Å². The SMILES string of the molecule is CCCNC(=O)[C@H]1[C@@H]2OC3(CC2Br)C(C(=O)Nc2ccc(OC)cc2)N(CCCO)C(=O)[C@H]13. The van der Waals surface area contributed by atoms with Gasteiger partial charge in [0, 0.05) is 30.2 Å². The van der Waals surface area contributed by atoms with Crippen LogP contribution < -0.4 is 15.4 Å². The van der Waals surface area contributed by atoms with Crippen molar-refractivity contribution in [2.75, 3.05) is 32.1 Å². The van der Waals surface area contributed by atoms with E-state index in [-0.39, 0.29) is 35.7 Å². The number of alkyl halides is 1. The zero-order valence-electron chi connectivity index (χ0n) is 18.8. The van der Waals surface area contributed by atoms with E-state index in [4.69, 9.17) is 9.47 Å². The molecule has 3 N–H and O–H groups in total. The molecule has 3 aliphatic rings. The normalized spacial score (nSPS) is 32.1. The number of hydrogen-bond acceptors (Lipinski definition) is 6. The van der Waals surface area contributed by atoms with Crippen molar-refractivity contribution in [2.45, 2.75) is 48.8 Å². The monoisotopic (exact) mass is 523 g/mol. The molecular formula is C23H30BrN3O6. The molecule has 10 heteroatoms. The summed E-state index contributed by atoms with van der Waals surface area (Å²) >= 11 is 3.63. The van der Waals surface area contributed by atoms with Gasteiger partial charge in [0.2, 0.25) is 17.7 Å². The van der Waals surface area contributed by atoms with Crippen LogP contribution in [0.3, 0.4) is 0 Å². The van der Waals surface area contributed by atoms with Crippen LogP contribution in [0.5, 0.6) is 5.75 Å². The van der Waals surface area contributed by atoms with Crippen molar-refractivity contribution in [3.05, 3.63) is 24.3 Å². The number of methoxy groups -OCH3 is 1. The molecule has 3 fully saturated rings. The Bertz CT molecular complexity index is 912. The number of aliphatic hydroxyl groups is 1. The summed E-state index contributed by atoms with van der Waals surface area (Å²) < 4.78 is 11.6. The molecule has 0 aliphatic carbocycles. The highest BCUT2D eigenvalue weighted by atomic mass is 79.9. The summed E-state index contributed by atoms with van der Waals surface area (Å²) in [7, 11) is 1.56. The molecule has 1 aromatic carbocycles. The van der Waals surface area contributed by atoms with Gasteiger partial charge in [-0.1, -0.05) is 22.9 Å². The molecule has 3 amide bonds. The third-order valence-corrected chi connectivity index (χ3v) is 7.65. The van der Waals surface area contributed by atoms with Gasteiger partial charge in [-0.25, -0.2) is 0 Å². The number of nitrogens with zero attached hydrogens (tertiary/aromatic N) is 1. The van der Waals surface area contributed by atoms with E-state index in [1.807, 2.05) is 6.92 Å². The predicted molar refractivity (Wildman–Crippen MR) is 124 cm³/mol. The molecule has 180 valence electrons. The van der Waals surface area contributed by atoms with E-state index in [0.29, 0.717) is 30.8 Å². The first-order valence-electron chi connectivity index (χ1n) is 11.3. The number of anilines is 1. The molecule has 0 radical (unpaired) electrons. The van der Waals surface area contributed by atoms with Crippen molar-refractivity contribution in [3.8, 4) is 5.75 Å². The van der Waals surface area contributed by atoms with Gasteiger partial charge in [0.15, 0.2) is 0 Å². The maximum atomic E-state index is 13.6. The predicted octanol–water partition coefficient (Wildman–Crippen LogP) is 1.29. The summed E-state index contributed by atoms with van der Waals surface area (Å²) in [6, 6.07) is 6.02. The lowest BCUT2D eigenvalue weighted by Gasteiger charge is -2.34. The van der Waals surface area contributed by atoms with Gasteiger partial charge >= 0.3 is 0 Å². The highest BCUT2D eigenvalue weighted by Gasteiger charge is 2.76. The molecule has 1 aromatic rings. The van der Waals surface area contributed by atoms with Gasteiger partial charge in [-0.15, -0.1) is 0 Å². The summed E-state index contributed by atoms with van der Waals surface area (Å²) in [5, 5.41) is 15.2. The minimum absolute atomic E-state index is 0.112. The summed E-state index contributed by atoms with van der Waals surface area (Å²) in [4.78, 5) is 41.6. The Morgan fingerprint density at radius 1 is 1.30 bits per heavy atom. The molecular weight excluding hydrogens is 494 g/mol. The molecule has 0 saturated carbocycles. The minimum Gasteiger partial charge on any atom is -0.497 e. The largest absolute Gasteiger partial charge is 0.497 e. The van der Waals surface area contributed by atoms with Gasteiger partial charge in [-0.2, -0.15) is 0 Å². The van der Waals surface area contributed by atoms with Crippen molar-refractivity contribution >= 4 is 39.3 Å². The number of fused-ring (bicyclic) bond motifs is 1. The Morgan fingerprint density at radius 2 is 2.03 bits per heavy atom. The number of nitrogens with one attached hydrogen (secondary N) is 2. The fraction of sp³-hybridized carbons (Fsp3) is 0.609. The van der Waals surface area contributed by atoms with Crippen molar-refractivity contribution in [3.63, 3.8) is 0 Å². The molecule has 3 unspecified atom stereocenters. The number of likely N-dealkylation sites (tertiary alicyclic amines) is 1. The van der Waals surface area contributed by atoms with Crippen LogP contribution in [0.2, 0.25) is 0 Å². The number of ether oxygens (including phenoxy) is 2. The number of carbonyl (C=O) groups is 3. The van der Waals surface area contributed by atoms with Gasteiger partial charge in [0.25, 0.3) is 0 Å². The molecule has 4 rings (SSSR count). The maximum Gasteiger partial charge on any atom is 0.250 e. The molecule has 9 nitrogen and oxygen atoms in total. The first kappa shape index (κ1) is 24.0. The molecule has 33 heavy (non-hydrogen) atoms. The zero-order chi connectivity index (χ0) is 23.8. The van der Waals surface area contributed by atoms with E-state index in [1.54, 1.807) is 31.4 Å². The number of hydrogen-bond donors (Lipinski definition) is 3. The third-order valence-electron chi connectivity index (χ3n) is 6.80. The number of aliphatic hydroxyl groups excluding tert-OH is 1. The fourth-order valence-corrected chi connectivity index (χ4v) is 6.40. The number of benzene rings is 1. The van der Waals surface area contributed by atoms with Gasteiger partial charge in [0.05, 0.1) is 25.0 Å². The van der Waals surface area contributed by atoms with E-state index in [2.05, 4.69) is 26.6 Å². The smallest absolute Gasteiger partial charge is 0.250 e. The first-order valence-corrected chi connectivity index (χ1v) is 12.2. The second kappa shape index (κ2) is 9.60. The molecule has 1 spiro atoms. The second-order valence-corrected chi connectivity index (χ2v) is 9.96. The second-order valence-electron chi connectivity index (χ2n) is 8.78. The van der Waals surface area contributed by atoms with Gasteiger partial charge < -0.3 is 30.1 Å². The van der Waals surface area contributed by atoms with Crippen LogP contribution in [0.15, 0.2) is 24.3 Å². The molecule has 6 atom stereocenters. The van der Waals surface area contributed by atoms with E-state index in [0.717, 1.165) is 6.42 Å². The zero-order valence-corrected chi connectivity index (χ0v) is 20.3. The van der Waals surface area contributed by atoms with Crippen LogP contribution in [0, 0.1) is 11.8 Å². The average Bonchev–Trinajstić information content (AvgIpc) is 3.39. The lowest BCUT2D eigenvalue weighted by atomic mass is 9.70. The number of carbonyl (C=O) groups excluding carboxylic acids is 3. The maximum absolute atomic E-state index is 13.6. The first-order chi connectivity index (χ1) is 15.9.